The summed E-state index contributed by atoms with van der Waals surface area (Å²) in [6.07, 6.45) is 1.52. The molecular formula is C12H10IN3O5. The summed E-state index contributed by atoms with van der Waals surface area (Å²) < 4.78 is 1.84. The second-order valence-corrected chi connectivity index (χ2v) is 5.43. The minimum Gasteiger partial charge on any atom is -0.506 e. The lowest BCUT2D eigenvalue weighted by molar-refractivity contribution is -0.135. The van der Waals surface area contributed by atoms with E-state index in [1.807, 2.05) is 22.6 Å². The Kier molecular flexibility index (Phi) is 4.11. The van der Waals surface area contributed by atoms with E-state index in [-0.39, 0.29) is 11.0 Å². The number of rotatable bonds is 3. The number of carbonyl (C=O) groups excluding carboxylic acids is 1. The first kappa shape index (κ1) is 15.2. The molecule has 0 aliphatic carbocycles. The van der Waals surface area contributed by atoms with Crippen molar-refractivity contribution in [3.8, 4) is 5.75 Å². The molecule has 0 saturated heterocycles. The van der Waals surface area contributed by atoms with Crippen LogP contribution in [0.3, 0.4) is 0 Å². The van der Waals surface area contributed by atoms with Crippen LogP contribution in [0.2, 0.25) is 0 Å². The zero-order chi connectivity index (χ0) is 15.7. The third-order valence-electron chi connectivity index (χ3n) is 2.79. The normalized spacial score (nSPS) is 10.6. The highest BCUT2D eigenvalue weighted by Gasteiger charge is 2.22. The van der Waals surface area contributed by atoms with Crippen molar-refractivity contribution >= 4 is 45.5 Å². The Hall–Kier alpha value is -2.17. The minimum absolute atomic E-state index is 0.229. The molecule has 0 fully saturated rings. The number of carboxylic acid groups (broad SMARTS) is 1. The summed E-state index contributed by atoms with van der Waals surface area (Å²) in [4.78, 5) is 38.5. The molecule has 0 spiro atoms. The van der Waals surface area contributed by atoms with Gasteiger partial charge in [0.05, 0.1) is 5.39 Å². The number of hydrogen-bond donors (Lipinski definition) is 3. The van der Waals surface area contributed by atoms with Crippen LogP contribution < -0.4 is 10.9 Å². The van der Waals surface area contributed by atoms with E-state index in [0.717, 1.165) is 4.57 Å². The number of nitrogens with zero attached hydrogens (tertiary/aromatic N) is 2. The number of amides is 1. The molecule has 2 heterocycles. The summed E-state index contributed by atoms with van der Waals surface area (Å²) in [6.45, 7) is -0.649. The van der Waals surface area contributed by atoms with Crippen molar-refractivity contribution in [2.24, 2.45) is 7.05 Å². The average molecular weight is 403 g/mol. The molecule has 3 N–H and O–H groups in total. The van der Waals surface area contributed by atoms with Crippen molar-refractivity contribution in [3.63, 3.8) is 0 Å². The molecule has 9 heteroatoms. The zero-order valence-electron chi connectivity index (χ0n) is 10.8. The van der Waals surface area contributed by atoms with Crippen molar-refractivity contribution in [2.45, 2.75) is 0 Å². The van der Waals surface area contributed by atoms with Gasteiger partial charge in [-0.2, -0.15) is 0 Å². The maximum atomic E-state index is 12.1. The predicted molar refractivity (Wildman–Crippen MR) is 81.3 cm³/mol. The number of hydrogen-bond acceptors (Lipinski definition) is 5. The Balaban J connectivity index is 2.66. The molecule has 2 aromatic rings. The van der Waals surface area contributed by atoms with Crippen molar-refractivity contribution in [2.75, 3.05) is 6.54 Å². The zero-order valence-corrected chi connectivity index (χ0v) is 12.9. The first-order valence-electron chi connectivity index (χ1n) is 5.70. The molecule has 0 aromatic carbocycles. The fraction of sp³-hybridized carbons (Fsp3) is 0.167. The number of aryl methyl sites for hydroxylation is 1. The van der Waals surface area contributed by atoms with Crippen LogP contribution in [0.15, 0.2) is 17.1 Å². The minimum atomic E-state index is -1.25. The topological polar surface area (TPSA) is 122 Å². The summed E-state index contributed by atoms with van der Waals surface area (Å²) >= 11 is 1.98. The first-order valence-corrected chi connectivity index (χ1v) is 6.78. The molecule has 8 nitrogen and oxygen atoms in total. The number of carboxylic acids is 1. The maximum absolute atomic E-state index is 12.1. The van der Waals surface area contributed by atoms with Gasteiger partial charge in [-0.05, 0) is 28.7 Å². The molecule has 0 bridgehead atoms. The monoisotopic (exact) mass is 403 g/mol. The molecule has 0 radical (unpaired) electrons. The highest BCUT2D eigenvalue weighted by Crippen LogP contribution is 2.25. The molecule has 110 valence electrons. The summed E-state index contributed by atoms with van der Waals surface area (Å²) in [5.74, 6) is -2.71. The second kappa shape index (κ2) is 5.68. The molecule has 2 aromatic heterocycles. The van der Waals surface area contributed by atoms with E-state index in [0.29, 0.717) is 3.57 Å². The Morgan fingerprint density at radius 2 is 2.14 bits per heavy atom. The maximum Gasteiger partial charge on any atom is 0.322 e. The van der Waals surface area contributed by atoms with E-state index in [1.54, 1.807) is 6.07 Å². The molecular weight excluding hydrogens is 393 g/mol. The van der Waals surface area contributed by atoms with Gasteiger partial charge < -0.3 is 15.5 Å². The Bertz CT molecular complexity index is 815. The molecule has 0 unspecified atom stereocenters. The van der Waals surface area contributed by atoms with Crippen LogP contribution in [0.1, 0.15) is 10.4 Å². The van der Waals surface area contributed by atoms with Gasteiger partial charge in [-0.15, -0.1) is 0 Å². The number of nitrogens with one attached hydrogen (secondary N) is 1. The Morgan fingerprint density at radius 3 is 2.76 bits per heavy atom. The van der Waals surface area contributed by atoms with Crippen LogP contribution in [0.5, 0.6) is 5.75 Å². The molecule has 1 amide bonds. The van der Waals surface area contributed by atoms with Gasteiger partial charge in [-0.1, -0.05) is 0 Å². The molecule has 21 heavy (non-hydrogen) atoms. The standard InChI is InChI=1S/C12H10IN3O5/c1-16-10-6(2-5(13)3-14-10)9(19)8(12(16)21)11(20)15-4-7(17)18/h2-3,19H,4H2,1H3,(H,15,20)(H,17,18). The van der Waals surface area contributed by atoms with Crippen molar-refractivity contribution < 1.29 is 19.8 Å². The van der Waals surface area contributed by atoms with Gasteiger partial charge in [0.15, 0.2) is 0 Å². The SMILES string of the molecule is Cn1c(=O)c(C(=O)NCC(=O)O)c(O)c2cc(I)cnc21. The Morgan fingerprint density at radius 1 is 1.48 bits per heavy atom. The number of aromatic nitrogens is 2. The number of halogens is 1. The lowest BCUT2D eigenvalue weighted by Crippen LogP contribution is -2.35. The Labute approximate surface area is 131 Å². The highest BCUT2D eigenvalue weighted by molar-refractivity contribution is 14.1. The molecule has 0 atom stereocenters. The van der Waals surface area contributed by atoms with Crippen molar-refractivity contribution in [3.05, 3.63) is 31.8 Å². The van der Waals surface area contributed by atoms with E-state index in [4.69, 9.17) is 5.11 Å². The van der Waals surface area contributed by atoms with Crippen LogP contribution in [0.25, 0.3) is 11.0 Å². The lowest BCUT2D eigenvalue weighted by Gasteiger charge is -2.10. The largest absolute Gasteiger partial charge is 0.506 e. The van der Waals surface area contributed by atoms with Crippen molar-refractivity contribution in [1.82, 2.24) is 14.9 Å². The smallest absolute Gasteiger partial charge is 0.322 e. The predicted octanol–water partition coefficient (Wildman–Crippen LogP) is 0.0581. The fourth-order valence-corrected chi connectivity index (χ4v) is 2.27. The van der Waals surface area contributed by atoms with Crippen molar-refractivity contribution in [1.29, 1.82) is 0 Å². The van der Waals surface area contributed by atoms with E-state index in [9.17, 15) is 19.5 Å². The molecule has 0 aliphatic rings. The summed E-state index contributed by atoms with van der Waals surface area (Å²) in [6, 6.07) is 1.58. The summed E-state index contributed by atoms with van der Waals surface area (Å²) in [5.41, 5.74) is -1.03. The molecule has 2 rings (SSSR count). The van der Waals surface area contributed by atoms with Gasteiger partial charge >= 0.3 is 5.97 Å². The van der Waals surface area contributed by atoms with E-state index < -0.39 is 35.3 Å². The number of aromatic hydroxyl groups is 1. The van der Waals surface area contributed by atoms with Gasteiger partial charge in [0.25, 0.3) is 11.5 Å². The quantitative estimate of drug-likeness (QED) is 0.624. The third kappa shape index (κ3) is 2.82. The van der Waals surface area contributed by atoms with Crippen LogP contribution in [0.4, 0.5) is 0 Å². The number of pyridine rings is 2. The van der Waals surface area contributed by atoms with E-state index in [2.05, 4.69) is 10.3 Å². The number of carbonyl (C=O) groups is 2. The molecule has 0 saturated carbocycles. The van der Waals surface area contributed by atoms with Gasteiger partial charge in [0, 0.05) is 16.8 Å². The van der Waals surface area contributed by atoms with E-state index >= 15 is 0 Å². The highest BCUT2D eigenvalue weighted by atomic mass is 127. The fourth-order valence-electron chi connectivity index (χ4n) is 1.82. The van der Waals surface area contributed by atoms with Gasteiger partial charge in [0.1, 0.15) is 23.5 Å². The molecule has 0 aliphatic heterocycles. The van der Waals surface area contributed by atoms with Crippen LogP contribution in [0, 0.1) is 3.57 Å². The van der Waals surface area contributed by atoms with Gasteiger partial charge in [-0.25, -0.2) is 4.98 Å². The van der Waals surface area contributed by atoms with Crippen LogP contribution in [-0.4, -0.2) is 38.2 Å². The number of fused-ring (bicyclic) bond motifs is 1. The first-order chi connectivity index (χ1) is 9.82. The van der Waals surface area contributed by atoms with Crippen LogP contribution in [-0.2, 0) is 11.8 Å². The van der Waals surface area contributed by atoms with Crippen LogP contribution >= 0.6 is 22.6 Å². The van der Waals surface area contributed by atoms with E-state index in [1.165, 1.54) is 13.2 Å². The average Bonchev–Trinajstić information content (AvgIpc) is 2.43. The second-order valence-electron chi connectivity index (χ2n) is 4.19. The summed E-state index contributed by atoms with van der Waals surface area (Å²) in [7, 11) is 1.41. The van der Waals surface area contributed by atoms with Gasteiger partial charge in [-0.3, -0.25) is 19.0 Å². The van der Waals surface area contributed by atoms with Gasteiger partial charge in [0.2, 0.25) is 0 Å². The third-order valence-corrected chi connectivity index (χ3v) is 3.38. The lowest BCUT2D eigenvalue weighted by atomic mass is 10.1. The summed E-state index contributed by atoms with van der Waals surface area (Å²) in [5, 5.41) is 21.0. The number of aliphatic carboxylic acids is 1.